The Hall–Kier alpha value is -3.56. The van der Waals surface area contributed by atoms with Crippen LogP contribution in [0.15, 0.2) is 83.8 Å². The van der Waals surface area contributed by atoms with E-state index in [1.165, 1.54) is 36.2 Å². The van der Waals surface area contributed by atoms with E-state index in [0.29, 0.717) is 12.1 Å². The Morgan fingerprint density at radius 3 is 2.10 bits per heavy atom. The molecule has 1 N–H and O–H groups in total. The Morgan fingerprint density at radius 2 is 1.51 bits per heavy atom. The third-order valence-electron chi connectivity index (χ3n) is 6.31. The fraction of sp³-hybridized carbons (Fsp3) is 0.333. The molecule has 2 amide bonds. The molecular formula is C30H36FN3O4S. The second-order valence-corrected chi connectivity index (χ2v) is 12.1. The van der Waals surface area contributed by atoms with E-state index in [4.69, 9.17) is 0 Å². The van der Waals surface area contributed by atoms with Gasteiger partial charge in [-0.25, -0.2) is 12.8 Å². The van der Waals surface area contributed by atoms with Gasteiger partial charge in [0.2, 0.25) is 21.8 Å². The average Bonchev–Trinajstić information content (AvgIpc) is 2.91. The Balaban J connectivity index is 1.96. The number of nitrogens with one attached hydrogen (secondary N) is 1. The fourth-order valence-electron chi connectivity index (χ4n) is 4.02. The summed E-state index contributed by atoms with van der Waals surface area (Å²) in [7, 11) is -2.61. The molecule has 1 atom stereocenters. The van der Waals surface area contributed by atoms with Gasteiger partial charge in [-0.15, -0.1) is 0 Å². The molecule has 0 fully saturated rings. The molecule has 0 spiro atoms. The van der Waals surface area contributed by atoms with E-state index in [-0.39, 0.29) is 29.7 Å². The summed E-state index contributed by atoms with van der Waals surface area (Å²) in [6, 6.07) is 20.5. The molecule has 0 saturated heterocycles. The van der Waals surface area contributed by atoms with Crippen LogP contribution < -0.4 is 5.32 Å². The van der Waals surface area contributed by atoms with Crippen molar-refractivity contribution in [2.75, 3.05) is 20.1 Å². The Kier molecular flexibility index (Phi) is 10.4. The first kappa shape index (κ1) is 30.0. The molecule has 7 nitrogen and oxygen atoms in total. The van der Waals surface area contributed by atoms with E-state index in [2.05, 4.69) is 5.32 Å². The van der Waals surface area contributed by atoms with E-state index in [0.717, 1.165) is 15.4 Å². The zero-order chi connectivity index (χ0) is 28.6. The minimum Gasteiger partial charge on any atom is -0.354 e. The van der Waals surface area contributed by atoms with Crippen molar-refractivity contribution in [2.45, 2.75) is 44.7 Å². The van der Waals surface area contributed by atoms with Crippen LogP contribution in [0.3, 0.4) is 0 Å². The van der Waals surface area contributed by atoms with Crippen molar-refractivity contribution >= 4 is 21.8 Å². The fourth-order valence-corrected chi connectivity index (χ4v) is 5.14. The lowest BCUT2D eigenvalue weighted by atomic mass is 10.0. The first-order chi connectivity index (χ1) is 18.5. The summed E-state index contributed by atoms with van der Waals surface area (Å²) in [6.07, 6.45) is 0.228. The smallest absolute Gasteiger partial charge is 0.243 e. The summed E-state index contributed by atoms with van der Waals surface area (Å²) in [4.78, 5) is 28.7. The molecule has 0 aliphatic carbocycles. The van der Waals surface area contributed by atoms with Gasteiger partial charge < -0.3 is 10.2 Å². The molecule has 0 aromatic heterocycles. The van der Waals surface area contributed by atoms with Crippen LogP contribution in [-0.2, 0) is 32.6 Å². The number of aryl methyl sites for hydroxylation is 1. The van der Waals surface area contributed by atoms with Gasteiger partial charge in [0.05, 0.1) is 11.4 Å². The van der Waals surface area contributed by atoms with Gasteiger partial charge >= 0.3 is 0 Å². The van der Waals surface area contributed by atoms with E-state index in [1.54, 1.807) is 24.3 Å². The van der Waals surface area contributed by atoms with Crippen LogP contribution in [0.25, 0.3) is 0 Å². The molecule has 3 rings (SSSR count). The third-order valence-corrected chi connectivity index (χ3v) is 8.13. The minimum atomic E-state index is -3.95. The molecule has 3 aromatic rings. The normalized spacial score (nSPS) is 12.4. The van der Waals surface area contributed by atoms with Gasteiger partial charge in [-0.1, -0.05) is 74.0 Å². The lowest BCUT2D eigenvalue weighted by Crippen LogP contribution is -2.53. The summed E-state index contributed by atoms with van der Waals surface area (Å²) in [6.45, 7) is 5.75. The number of hydrogen-bond donors (Lipinski definition) is 1. The second kappa shape index (κ2) is 13.5. The second-order valence-electron chi connectivity index (χ2n) is 10.1. The van der Waals surface area contributed by atoms with E-state index in [1.807, 2.05) is 51.1 Å². The SMILES string of the molecule is Cc1ccc(S(=O)(=O)N(C)CC(=O)N(Cc2ccc(F)cc2)[C@H](Cc2ccccc2)C(=O)NCC(C)C)cc1. The van der Waals surface area contributed by atoms with Crippen LogP contribution in [0.1, 0.15) is 30.5 Å². The number of halogens is 1. The van der Waals surface area contributed by atoms with Crippen molar-refractivity contribution in [3.63, 3.8) is 0 Å². The third kappa shape index (κ3) is 8.46. The summed E-state index contributed by atoms with van der Waals surface area (Å²) >= 11 is 0. The lowest BCUT2D eigenvalue weighted by molar-refractivity contribution is -0.141. The largest absolute Gasteiger partial charge is 0.354 e. The number of likely N-dealkylation sites (N-methyl/N-ethyl adjacent to an activating group) is 1. The van der Waals surface area contributed by atoms with Gasteiger partial charge in [-0.2, -0.15) is 4.31 Å². The maximum Gasteiger partial charge on any atom is 0.243 e. The number of hydrogen-bond acceptors (Lipinski definition) is 4. The zero-order valence-electron chi connectivity index (χ0n) is 22.8. The first-order valence-corrected chi connectivity index (χ1v) is 14.3. The van der Waals surface area contributed by atoms with Gasteiger partial charge in [0.15, 0.2) is 0 Å². The number of benzene rings is 3. The molecule has 39 heavy (non-hydrogen) atoms. The minimum absolute atomic E-state index is 0.00410. The van der Waals surface area contributed by atoms with Crippen LogP contribution in [0.4, 0.5) is 4.39 Å². The predicted molar refractivity (Wildman–Crippen MR) is 150 cm³/mol. The van der Waals surface area contributed by atoms with Gasteiger partial charge in [0.25, 0.3) is 0 Å². The van der Waals surface area contributed by atoms with Crippen molar-refractivity contribution < 1.29 is 22.4 Å². The van der Waals surface area contributed by atoms with Crippen molar-refractivity contribution in [3.05, 3.63) is 101 Å². The number of carbonyl (C=O) groups excluding carboxylic acids is 2. The highest BCUT2D eigenvalue weighted by molar-refractivity contribution is 7.89. The van der Waals surface area contributed by atoms with Crippen LogP contribution in [0.2, 0.25) is 0 Å². The summed E-state index contributed by atoms with van der Waals surface area (Å²) < 4.78 is 41.0. The quantitative estimate of drug-likeness (QED) is 0.365. The average molecular weight is 554 g/mol. The molecule has 9 heteroatoms. The molecule has 0 bridgehead atoms. The van der Waals surface area contributed by atoms with Crippen molar-refractivity contribution in [1.29, 1.82) is 0 Å². The molecule has 0 radical (unpaired) electrons. The number of rotatable bonds is 12. The van der Waals surface area contributed by atoms with Gasteiger partial charge in [-0.3, -0.25) is 9.59 Å². The molecular weight excluding hydrogens is 517 g/mol. The number of amides is 2. The molecule has 0 heterocycles. The molecule has 0 aliphatic rings. The highest BCUT2D eigenvalue weighted by Crippen LogP contribution is 2.19. The molecule has 0 unspecified atom stereocenters. The van der Waals surface area contributed by atoms with Crippen molar-refractivity contribution in [3.8, 4) is 0 Å². The maximum atomic E-state index is 13.8. The Labute approximate surface area is 230 Å². The summed E-state index contributed by atoms with van der Waals surface area (Å²) in [5.41, 5.74) is 2.37. The summed E-state index contributed by atoms with van der Waals surface area (Å²) in [5.74, 6) is -1.11. The molecule has 0 aliphatic heterocycles. The van der Waals surface area contributed by atoms with Crippen molar-refractivity contribution in [1.82, 2.24) is 14.5 Å². The maximum absolute atomic E-state index is 13.8. The monoisotopic (exact) mass is 553 g/mol. The Bertz CT molecular complexity index is 1350. The predicted octanol–water partition coefficient (Wildman–Crippen LogP) is 4.17. The van der Waals surface area contributed by atoms with Crippen LogP contribution in [0.5, 0.6) is 0 Å². The zero-order valence-corrected chi connectivity index (χ0v) is 23.6. The van der Waals surface area contributed by atoms with Crippen LogP contribution in [0, 0.1) is 18.7 Å². The Morgan fingerprint density at radius 1 is 0.897 bits per heavy atom. The van der Waals surface area contributed by atoms with Crippen LogP contribution >= 0.6 is 0 Å². The molecule has 208 valence electrons. The highest BCUT2D eigenvalue weighted by Gasteiger charge is 2.33. The standard InChI is InChI=1S/C30H36FN3O4S/c1-22(2)19-32-30(36)28(18-24-8-6-5-7-9-24)34(20-25-12-14-26(31)15-13-25)29(35)21-33(4)39(37,38)27-16-10-23(3)11-17-27/h5-17,22,28H,18-21H2,1-4H3,(H,32,36)/t28-/m1/s1. The number of carbonyl (C=O) groups is 2. The summed E-state index contributed by atoms with van der Waals surface area (Å²) in [5, 5.41) is 2.92. The first-order valence-electron chi connectivity index (χ1n) is 12.9. The number of nitrogens with zero attached hydrogens (tertiary/aromatic N) is 2. The van der Waals surface area contributed by atoms with Crippen molar-refractivity contribution in [2.24, 2.45) is 5.92 Å². The van der Waals surface area contributed by atoms with E-state index in [9.17, 15) is 22.4 Å². The van der Waals surface area contributed by atoms with E-state index >= 15 is 0 Å². The topological polar surface area (TPSA) is 86.8 Å². The highest BCUT2D eigenvalue weighted by atomic mass is 32.2. The number of sulfonamides is 1. The molecule has 0 saturated carbocycles. The van der Waals surface area contributed by atoms with Crippen LogP contribution in [-0.4, -0.2) is 55.6 Å². The van der Waals surface area contributed by atoms with Gasteiger partial charge in [0.1, 0.15) is 11.9 Å². The van der Waals surface area contributed by atoms with E-state index < -0.39 is 34.3 Å². The molecule has 3 aromatic carbocycles. The van der Waals surface area contributed by atoms with Gasteiger partial charge in [0, 0.05) is 26.6 Å². The van der Waals surface area contributed by atoms with Gasteiger partial charge in [-0.05, 0) is 48.2 Å². The lowest BCUT2D eigenvalue weighted by Gasteiger charge is -2.33.